The lowest BCUT2D eigenvalue weighted by molar-refractivity contribution is -0.384. The van der Waals surface area contributed by atoms with E-state index in [2.05, 4.69) is 20.4 Å². The molecule has 0 aliphatic rings. The van der Waals surface area contributed by atoms with Crippen molar-refractivity contribution in [3.8, 4) is 0 Å². The molecule has 0 atom stereocenters. The molecule has 0 fully saturated rings. The molecule has 8 heteroatoms. The fourth-order valence-corrected chi connectivity index (χ4v) is 1.46. The summed E-state index contributed by atoms with van der Waals surface area (Å²) in [4.78, 5) is 18.4. The van der Waals surface area contributed by atoms with Gasteiger partial charge in [-0.15, -0.1) is 0 Å². The van der Waals surface area contributed by atoms with Crippen LogP contribution in [0.2, 0.25) is 0 Å². The standard InChI is InChI=1S/C10H12N6O2/c1-7-3-8(16(17)18)10(11-4-7)12-5-9-13-6-15(2)14-9/h3-4,6H,5H2,1-2H3,(H,11,12). The summed E-state index contributed by atoms with van der Waals surface area (Å²) in [6.45, 7) is 2.04. The molecule has 0 radical (unpaired) electrons. The smallest absolute Gasteiger partial charge is 0.311 e. The van der Waals surface area contributed by atoms with Crippen molar-refractivity contribution in [2.45, 2.75) is 13.5 Å². The third kappa shape index (κ3) is 2.59. The van der Waals surface area contributed by atoms with E-state index in [0.29, 0.717) is 5.82 Å². The second-order valence-corrected chi connectivity index (χ2v) is 3.83. The predicted molar refractivity (Wildman–Crippen MR) is 64.0 cm³/mol. The van der Waals surface area contributed by atoms with Crippen molar-refractivity contribution in [2.75, 3.05) is 5.32 Å². The zero-order chi connectivity index (χ0) is 13.1. The second-order valence-electron chi connectivity index (χ2n) is 3.83. The van der Waals surface area contributed by atoms with Gasteiger partial charge in [0.1, 0.15) is 6.33 Å². The molecule has 0 amide bonds. The number of nitrogens with zero attached hydrogens (tertiary/aromatic N) is 5. The summed E-state index contributed by atoms with van der Waals surface area (Å²) in [5.41, 5.74) is 0.689. The number of nitro groups is 1. The highest BCUT2D eigenvalue weighted by molar-refractivity contribution is 5.56. The Morgan fingerprint density at radius 1 is 1.50 bits per heavy atom. The molecule has 0 unspecified atom stereocenters. The van der Waals surface area contributed by atoms with Gasteiger partial charge in [0.25, 0.3) is 0 Å². The van der Waals surface area contributed by atoms with E-state index >= 15 is 0 Å². The van der Waals surface area contributed by atoms with Gasteiger partial charge in [-0.05, 0) is 12.5 Å². The average molecular weight is 248 g/mol. The minimum absolute atomic E-state index is 0.0501. The number of rotatable bonds is 4. The molecule has 0 saturated carbocycles. The first-order valence-electron chi connectivity index (χ1n) is 5.25. The van der Waals surface area contributed by atoms with Gasteiger partial charge >= 0.3 is 5.69 Å². The molecule has 1 N–H and O–H groups in total. The fourth-order valence-electron chi connectivity index (χ4n) is 1.46. The maximum Gasteiger partial charge on any atom is 0.311 e. The van der Waals surface area contributed by atoms with Gasteiger partial charge in [-0.2, -0.15) is 5.10 Å². The van der Waals surface area contributed by atoms with Gasteiger partial charge in [0.15, 0.2) is 5.82 Å². The minimum atomic E-state index is -0.464. The number of pyridine rings is 1. The first-order chi connectivity index (χ1) is 8.56. The first-order valence-corrected chi connectivity index (χ1v) is 5.25. The van der Waals surface area contributed by atoms with Gasteiger partial charge in [-0.1, -0.05) is 0 Å². The van der Waals surface area contributed by atoms with E-state index in [1.807, 2.05) is 0 Å². The molecule has 0 spiro atoms. The summed E-state index contributed by atoms with van der Waals surface area (Å²) in [7, 11) is 1.75. The quantitative estimate of drug-likeness (QED) is 0.641. The third-order valence-electron chi connectivity index (χ3n) is 2.26. The van der Waals surface area contributed by atoms with Crippen molar-refractivity contribution in [1.82, 2.24) is 19.7 Å². The van der Waals surface area contributed by atoms with Gasteiger partial charge in [0, 0.05) is 19.3 Å². The van der Waals surface area contributed by atoms with Crippen LogP contribution in [0, 0.1) is 17.0 Å². The summed E-state index contributed by atoms with van der Waals surface area (Å²) in [5.74, 6) is 0.771. The van der Waals surface area contributed by atoms with Crippen LogP contribution >= 0.6 is 0 Å². The maximum atomic E-state index is 10.9. The minimum Gasteiger partial charge on any atom is -0.357 e. The number of hydrogen-bond donors (Lipinski definition) is 1. The summed E-state index contributed by atoms with van der Waals surface area (Å²) in [6, 6.07) is 1.47. The number of anilines is 1. The molecule has 0 aliphatic heterocycles. The third-order valence-corrected chi connectivity index (χ3v) is 2.26. The summed E-state index contributed by atoms with van der Waals surface area (Å²) in [6.07, 6.45) is 3.13. The van der Waals surface area contributed by atoms with E-state index in [4.69, 9.17) is 0 Å². The van der Waals surface area contributed by atoms with E-state index in [1.54, 1.807) is 31.2 Å². The highest BCUT2D eigenvalue weighted by Crippen LogP contribution is 2.22. The van der Waals surface area contributed by atoms with Crippen molar-refractivity contribution in [2.24, 2.45) is 7.05 Å². The molecule has 94 valence electrons. The normalized spacial score (nSPS) is 10.3. The van der Waals surface area contributed by atoms with Crippen LogP contribution in [0.15, 0.2) is 18.6 Å². The van der Waals surface area contributed by atoms with Gasteiger partial charge in [0.2, 0.25) is 5.82 Å². The molecule has 8 nitrogen and oxygen atoms in total. The monoisotopic (exact) mass is 248 g/mol. The van der Waals surface area contributed by atoms with Gasteiger partial charge in [-0.25, -0.2) is 9.97 Å². The molecule has 0 aliphatic carbocycles. The van der Waals surface area contributed by atoms with Crippen LogP contribution < -0.4 is 5.32 Å². The summed E-state index contributed by atoms with van der Waals surface area (Å²) in [5, 5.41) is 17.8. The van der Waals surface area contributed by atoms with Crippen molar-refractivity contribution < 1.29 is 4.92 Å². The zero-order valence-corrected chi connectivity index (χ0v) is 9.99. The highest BCUT2D eigenvalue weighted by Gasteiger charge is 2.15. The second kappa shape index (κ2) is 4.78. The lowest BCUT2D eigenvalue weighted by Crippen LogP contribution is -2.06. The number of hydrogen-bond acceptors (Lipinski definition) is 6. The van der Waals surface area contributed by atoms with Crippen LogP contribution in [0.4, 0.5) is 11.5 Å². The lowest BCUT2D eigenvalue weighted by atomic mass is 10.3. The van der Waals surface area contributed by atoms with Crippen molar-refractivity contribution in [1.29, 1.82) is 0 Å². The fraction of sp³-hybridized carbons (Fsp3) is 0.300. The Morgan fingerprint density at radius 2 is 2.28 bits per heavy atom. The van der Waals surface area contributed by atoms with Crippen LogP contribution in [0.1, 0.15) is 11.4 Å². The number of aromatic nitrogens is 4. The Labute approximate surface area is 103 Å². The molecular formula is C10H12N6O2. The topological polar surface area (TPSA) is 98.8 Å². The molecule has 2 aromatic rings. The van der Waals surface area contributed by atoms with Crippen LogP contribution in [0.5, 0.6) is 0 Å². The molecule has 2 heterocycles. The van der Waals surface area contributed by atoms with Crippen molar-refractivity contribution in [3.63, 3.8) is 0 Å². The highest BCUT2D eigenvalue weighted by atomic mass is 16.6. The predicted octanol–water partition coefficient (Wildman–Crippen LogP) is 1.04. The average Bonchev–Trinajstić information content (AvgIpc) is 2.73. The zero-order valence-electron chi connectivity index (χ0n) is 9.99. The Bertz CT molecular complexity index is 579. The number of aryl methyl sites for hydroxylation is 2. The van der Waals surface area contributed by atoms with Crippen LogP contribution in [0.3, 0.4) is 0 Å². The molecular weight excluding hydrogens is 236 g/mol. The number of nitrogens with one attached hydrogen (secondary N) is 1. The lowest BCUT2D eigenvalue weighted by Gasteiger charge is -2.04. The molecule has 0 saturated heterocycles. The van der Waals surface area contributed by atoms with E-state index in [0.717, 1.165) is 5.56 Å². The SMILES string of the molecule is Cc1cnc(NCc2ncn(C)n2)c([N+](=O)[O-])c1. The van der Waals surface area contributed by atoms with E-state index in [1.165, 1.54) is 6.07 Å². The summed E-state index contributed by atoms with van der Waals surface area (Å²) < 4.78 is 1.56. The van der Waals surface area contributed by atoms with Gasteiger partial charge in [0.05, 0.1) is 11.5 Å². The first kappa shape index (κ1) is 12.0. The van der Waals surface area contributed by atoms with Crippen LogP contribution in [0.25, 0.3) is 0 Å². The molecule has 0 bridgehead atoms. The van der Waals surface area contributed by atoms with Gasteiger partial charge < -0.3 is 5.32 Å². The van der Waals surface area contributed by atoms with Crippen LogP contribution in [-0.4, -0.2) is 24.7 Å². The Kier molecular flexibility index (Phi) is 3.18. The Balaban J connectivity index is 2.16. The van der Waals surface area contributed by atoms with Gasteiger partial charge in [-0.3, -0.25) is 14.8 Å². The maximum absolute atomic E-state index is 10.9. The van der Waals surface area contributed by atoms with Crippen LogP contribution in [-0.2, 0) is 13.6 Å². The van der Waals surface area contributed by atoms with E-state index in [9.17, 15) is 10.1 Å². The van der Waals surface area contributed by atoms with E-state index in [-0.39, 0.29) is 18.1 Å². The summed E-state index contributed by atoms with van der Waals surface area (Å²) >= 11 is 0. The molecule has 2 rings (SSSR count). The molecule has 18 heavy (non-hydrogen) atoms. The molecule has 0 aromatic carbocycles. The van der Waals surface area contributed by atoms with E-state index < -0.39 is 4.92 Å². The van der Waals surface area contributed by atoms with Crippen molar-refractivity contribution in [3.05, 3.63) is 40.1 Å². The Hall–Kier alpha value is -2.51. The Morgan fingerprint density at radius 3 is 2.89 bits per heavy atom. The largest absolute Gasteiger partial charge is 0.357 e. The van der Waals surface area contributed by atoms with Crippen molar-refractivity contribution >= 4 is 11.5 Å². The molecule has 2 aromatic heterocycles.